The summed E-state index contributed by atoms with van der Waals surface area (Å²) in [6.45, 7) is 7.47. The number of hydrogen-bond donors (Lipinski definition) is 6. The minimum Gasteiger partial charge on any atom is -0.396 e. The molecule has 1 unspecified atom stereocenters. The van der Waals surface area contributed by atoms with Crippen molar-refractivity contribution in [1.29, 1.82) is 0 Å². The standard InChI is InChI=1S/3C23H25Cl2F2N3O.3O2S/c3*1-2-14-3-5-15(6-4-14)16(7-12-31)22-28-18-13-17(24)21(19(25)20(18)29-22)30-10-8-23(26,27)9-11-30;3*1-3-2/h3*3-6,13,16,31H,2,7-12H2,1H3,(H,28,29);;;/t2*16-;;;;/m10..../s1. The fourth-order valence-corrected chi connectivity index (χ4v) is 14.7. The van der Waals surface area contributed by atoms with Crippen LogP contribution in [0.15, 0.2) is 91.0 Å². The highest BCUT2D eigenvalue weighted by molar-refractivity contribution is 7.52. The molecule has 6 aromatic carbocycles. The highest BCUT2D eigenvalue weighted by Gasteiger charge is 2.39. The Balaban J connectivity index is 0.000000202. The van der Waals surface area contributed by atoms with Crippen molar-refractivity contribution in [3.63, 3.8) is 0 Å². The van der Waals surface area contributed by atoms with Crippen LogP contribution < -0.4 is 14.7 Å². The van der Waals surface area contributed by atoms with Crippen LogP contribution in [0.25, 0.3) is 33.1 Å². The van der Waals surface area contributed by atoms with Gasteiger partial charge in [0.2, 0.25) is 0 Å². The molecular weight excluding hydrogens is 1520 g/mol. The molecule has 0 spiro atoms. The summed E-state index contributed by atoms with van der Waals surface area (Å²) < 4.78 is 131. The molecule has 6 N–H and O–H groups in total. The van der Waals surface area contributed by atoms with Crippen molar-refractivity contribution < 1.29 is 66.9 Å². The van der Waals surface area contributed by atoms with Gasteiger partial charge in [-0.05, 0) is 90.1 Å². The van der Waals surface area contributed by atoms with Crippen LogP contribution in [-0.2, 0) is 54.0 Å². The van der Waals surface area contributed by atoms with Crippen molar-refractivity contribution in [1.82, 2.24) is 29.9 Å². The molecule has 0 saturated carbocycles. The summed E-state index contributed by atoms with van der Waals surface area (Å²) in [5, 5.41) is 31.2. The van der Waals surface area contributed by atoms with E-state index >= 15 is 0 Å². The number of aliphatic hydroxyl groups excluding tert-OH is 3. The van der Waals surface area contributed by atoms with Gasteiger partial charge >= 0.3 is 34.7 Å². The number of benzene rings is 6. The van der Waals surface area contributed by atoms with Crippen LogP contribution in [0.2, 0.25) is 30.1 Å². The molecule has 3 aliphatic rings. The molecule has 18 nitrogen and oxygen atoms in total. The number of fused-ring (bicyclic) bond motifs is 3. The summed E-state index contributed by atoms with van der Waals surface area (Å²) in [7, 11) is 0. The number of aliphatic hydroxyl groups is 3. The molecule has 3 saturated heterocycles. The molecule has 0 bridgehead atoms. The molecule has 0 amide bonds. The summed E-state index contributed by atoms with van der Waals surface area (Å²) in [6, 6.07) is 30.1. The molecule has 0 aliphatic carbocycles. The van der Waals surface area contributed by atoms with E-state index in [1.54, 1.807) is 18.2 Å². The highest BCUT2D eigenvalue weighted by atomic mass is 35.5. The van der Waals surface area contributed by atoms with E-state index in [4.69, 9.17) is 110 Å². The van der Waals surface area contributed by atoms with Crippen molar-refractivity contribution in [3.8, 4) is 0 Å². The van der Waals surface area contributed by atoms with E-state index in [2.05, 4.69) is 109 Å². The second kappa shape index (κ2) is 38.7. The minimum atomic E-state index is -2.65. The van der Waals surface area contributed by atoms with Gasteiger partial charge in [-0.1, -0.05) is 163 Å². The molecule has 552 valence electrons. The number of alkyl halides is 6. The van der Waals surface area contributed by atoms with Gasteiger partial charge in [0.05, 0.1) is 63.7 Å². The van der Waals surface area contributed by atoms with Crippen LogP contribution in [0.3, 0.4) is 0 Å². The molecular formula is C69H75Cl6F6N9O9S3. The van der Waals surface area contributed by atoms with Gasteiger partial charge in [0.25, 0.3) is 17.8 Å². The number of nitrogens with one attached hydrogen (secondary N) is 3. The van der Waals surface area contributed by atoms with E-state index in [1.165, 1.54) is 16.7 Å². The smallest absolute Gasteiger partial charge is 0.335 e. The van der Waals surface area contributed by atoms with Gasteiger partial charge in [-0.2, -0.15) is 25.3 Å². The first-order valence-electron chi connectivity index (χ1n) is 32.6. The van der Waals surface area contributed by atoms with Crippen molar-refractivity contribution in [2.75, 3.05) is 73.8 Å². The van der Waals surface area contributed by atoms with E-state index in [1.807, 2.05) is 14.7 Å². The first-order valence-corrected chi connectivity index (χ1v) is 36.9. The first kappa shape index (κ1) is 83.1. The van der Waals surface area contributed by atoms with E-state index in [0.717, 1.165) is 36.0 Å². The van der Waals surface area contributed by atoms with Crippen LogP contribution >= 0.6 is 69.6 Å². The Bertz CT molecular complexity index is 3910. The lowest BCUT2D eigenvalue weighted by Crippen LogP contribution is -2.39. The molecule has 3 aromatic heterocycles. The molecule has 3 fully saturated rings. The lowest BCUT2D eigenvalue weighted by Gasteiger charge is -2.34. The van der Waals surface area contributed by atoms with Crippen LogP contribution in [0.5, 0.6) is 0 Å². The number of rotatable bonds is 18. The van der Waals surface area contributed by atoms with Gasteiger partial charge in [0.1, 0.15) is 34.0 Å². The molecule has 12 rings (SSSR count). The van der Waals surface area contributed by atoms with Gasteiger partial charge in [-0.25, -0.2) is 41.3 Å². The zero-order chi connectivity index (χ0) is 74.6. The van der Waals surface area contributed by atoms with E-state index in [0.29, 0.717) is 117 Å². The maximum absolute atomic E-state index is 13.6. The number of imidazole rings is 3. The lowest BCUT2D eigenvalue weighted by atomic mass is 9.94. The number of nitrogens with zero attached hydrogens (tertiary/aromatic N) is 6. The minimum absolute atomic E-state index is 0.0129. The summed E-state index contributed by atoms with van der Waals surface area (Å²) >= 11 is 37.3. The third-order valence-electron chi connectivity index (χ3n) is 18.0. The largest absolute Gasteiger partial charge is 0.396 e. The molecule has 3 aliphatic heterocycles. The maximum atomic E-state index is 13.6. The van der Waals surface area contributed by atoms with E-state index < -0.39 is 52.5 Å². The normalized spacial score (nSPS) is 16.1. The van der Waals surface area contributed by atoms with E-state index in [-0.39, 0.29) is 115 Å². The van der Waals surface area contributed by atoms with Gasteiger partial charge in [0, 0.05) is 115 Å². The third-order valence-corrected chi connectivity index (χ3v) is 20.0. The van der Waals surface area contributed by atoms with Crippen LogP contribution in [0.4, 0.5) is 43.4 Å². The highest BCUT2D eigenvalue weighted by Crippen LogP contribution is 2.47. The molecule has 6 heterocycles. The quantitative estimate of drug-likeness (QED) is 0.0437. The van der Waals surface area contributed by atoms with Crippen molar-refractivity contribution in [3.05, 3.63) is 172 Å². The maximum Gasteiger partial charge on any atom is 0.335 e. The Morgan fingerprint density at radius 3 is 0.794 bits per heavy atom. The summed E-state index contributed by atoms with van der Waals surface area (Å²) in [5.74, 6) is -6.27. The third kappa shape index (κ3) is 21.3. The predicted molar refractivity (Wildman–Crippen MR) is 392 cm³/mol. The zero-order valence-electron chi connectivity index (χ0n) is 55.5. The second-order valence-electron chi connectivity index (χ2n) is 24.3. The second-order valence-corrected chi connectivity index (χ2v) is 27.1. The Hall–Kier alpha value is -6.21. The van der Waals surface area contributed by atoms with Crippen LogP contribution in [0, 0.1) is 0 Å². The Labute approximate surface area is 626 Å². The number of H-pyrrole nitrogens is 3. The fourth-order valence-electron chi connectivity index (χ4n) is 12.5. The van der Waals surface area contributed by atoms with Gasteiger partial charge in [-0.15, -0.1) is 0 Å². The van der Waals surface area contributed by atoms with Crippen molar-refractivity contribution in [2.24, 2.45) is 0 Å². The SMILES string of the molecule is CCc1ccc(C(CCO)c2nc3c(Cl)c(N4CCC(F)(F)CC4)c(Cl)cc3[nH]2)cc1.CCc1ccc([C@@H](CCO)c2nc3c(Cl)c(N4CCC(F)(F)CC4)c(Cl)cc3[nH]2)cc1.CCc1ccc([C@H](CCO)c2nc3c(Cl)c(N4CCC(F)(F)CC4)c(Cl)cc3[nH]2)cc1.O=S=O.O=S=O.O=S=O. The number of aromatic nitrogens is 6. The monoisotopic (exact) mass is 1590 g/mol. The number of aryl methyl sites for hydroxylation is 3. The average Bonchev–Trinajstić information content (AvgIpc) is 1.55. The van der Waals surface area contributed by atoms with Gasteiger partial charge < -0.3 is 45.0 Å². The van der Waals surface area contributed by atoms with Gasteiger partial charge in [0.15, 0.2) is 0 Å². The fraction of sp³-hybridized carbons (Fsp3) is 0.435. The molecule has 9 aromatic rings. The Morgan fingerprint density at radius 1 is 0.402 bits per heavy atom. The summed E-state index contributed by atoms with van der Waals surface area (Å²) in [4.78, 5) is 29.6. The van der Waals surface area contributed by atoms with E-state index in [9.17, 15) is 41.7 Å². The molecule has 102 heavy (non-hydrogen) atoms. The lowest BCUT2D eigenvalue weighted by molar-refractivity contribution is -0.0226. The predicted octanol–water partition coefficient (Wildman–Crippen LogP) is 16.5. The number of halogens is 12. The Morgan fingerprint density at radius 2 is 0.608 bits per heavy atom. The van der Waals surface area contributed by atoms with Gasteiger partial charge in [-0.3, -0.25) is 0 Å². The number of hydrogen-bond acceptors (Lipinski definition) is 15. The van der Waals surface area contributed by atoms with Crippen LogP contribution in [-0.4, -0.2) is 147 Å². The summed E-state index contributed by atoms with van der Waals surface area (Å²) in [5.41, 5.74) is 12.2. The van der Waals surface area contributed by atoms with Crippen molar-refractivity contribution in [2.45, 2.75) is 133 Å². The number of anilines is 3. The summed E-state index contributed by atoms with van der Waals surface area (Å²) in [6.07, 6.45) is 3.02. The van der Waals surface area contributed by atoms with Crippen LogP contribution in [0.1, 0.15) is 147 Å². The molecule has 3 atom stereocenters. The molecule has 33 heteroatoms. The zero-order valence-corrected chi connectivity index (χ0v) is 62.5. The topological polar surface area (TPSA) is 259 Å². The Kier molecular flexibility index (Phi) is 31.5. The average molecular weight is 1600 g/mol. The number of aromatic amines is 3. The molecule has 0 radical (unpaired) electrons. The number of piperidine rings is 3. The first-order chi connectivity index (χ1) is 48.7. The van der Waals surface area contributed by atoms with Crippen molar-refractivity contribution >= 4 is 154 Å².